The molecule has 2 fully saturated rings. The maximum Gasteiger partial charge on any atom is 0.255 e. The minimum atomic E-state index is -3.75. The number of para-hydroxylation sites is 2. The highest BCUT2D eigenvalue weighted by Gasteiger charge is 2.29. The van der Waals surface area contributed by atoms with Crippen LogP contribution in [0.2, 0.25) is 5.02 Å². The van der Waals surface area contributed by atoms with Crippen molar-refractivity contribution in [3.63, 3.8) is 0 Å². The molecule has 0 saturated carbocycles. The third-order valence-electron chi connectivity index (χ3n) is 5.63. The first-order valence-electron chi connectivity index (χ1n) is 10.5. The third-order valence-corrected chi connectivity index (χ3v) is 8.01. The first kappa shape index (κ1) is 22.1. The van der Waals surface area contributed by atoms with Gasteiger partial charge in [0, 0.05) is 31.7 Å². The number of piperidine rings is 1. The van der Waals surface area contributed by atoms with Gasteiger partial charge in [0.15, 0.2) is 0 Å². The molecule has 7 nitrogen and oxygen atoms in total. The summed E-state index contributed by atoms with van der Waals surface area (Å²) in [5, 5.41) is 3.05. The van der Waals surface area contributed by atoms with Crippen LogP contribution in [0, 0.1) is 0 Å². The van der Waals surface area contributed by atoms with Gasteiger partial charge in [0.05, 0.1) is 29.6 Å². The molecule has 0 atom stereocenters. The zero-order valence-corrected chi connectivity index (χ0v) is 18.8. The number of amides is 1. The number of nitrogens with one attached hydrogen (secondary N) is 1. The molecule has 0 unspecified atom stereocenters. The first-order valence-corrected chi connectivity index (χ1v) is 12.3. The zero-order valence-electron chi connectivity index (χ0n) is 17.2. The number of anilines is 2. The minimum absolute atomic E-state index is 0.0230. The Bertz CT molecular complexity index is 1050. The summed E-state index contributed by atoms with van der Waals surface area (Å²) in [5.74, 6) is -0.382. The highest BCUT2D eigenvalue weighted by atomic mass is 35.5. The second-order valence-corrected chi connectivity index (χ2v) is 9.99. The van der Waals surface area contributed by atoms with E-state index in [1.54, 1.807) is 6.07 Å². The fourth-order valence-electron chi connectivity index (χ4n) is 3.94. The van der Waals surface area contributed by atoms with Gasteiger partial charge in [-0.25, -0.2) is 8.42 Å². The molecule has 1 amide bonds. The van der Waals surface area contributed by atoms with Crippen LogP contribution in [0.15, 0.2) is 47.4 Å². The van der Waals surface area contributed by atoms with Gasteiger partial charge < -0.3 is 15.0 Å². The second kappa shape index (κ2) is 9.56. The molecule has 2 aliphatic rings. The summed E-state index contributed by atoms with van der Waals surface area (Å²) in [5.41, 5.74) is 1.83. The molecule has 2 aromatic carbocycles. The fraction of sp³-hybridized carbons (Fsp3) is 0.409. The van der Waals surface area contributed by atoms with Crippen molar-refractivity contribution in [2.24, 2.45) is 0 Å². The molecule has 0 spiro atoms. The quantitative estimate of drug-likeness (QED) is 0.732. The molecule has 0 aliphatic carbocycles. The Balaban J connectivity index is 1.58. The molecule has 4 rings (SSSR count). The minimum Gasteiger partial charge on any atom is -0.378 e. The number of hydrogen-bond donors (Lipinski definition) is 1. The van der Waals surface area contributed by atoms with Crippen LogP contribution >= 0.6 is 11.6 Å². The SMILES string of the molecule is O=C(Nc1ccccc1N1CCOCC1)c1ccc(Cl)c(S(=O)(=O)N2CCCCC2)c1. The van der Waals surface area contributed by atoms with Crippen molar-refractivity contribution >= 4 is 38.9 Å². The summed E-state index contributed by atoms with van der Waals surface area (Å²) in [6, 6.07) is 12.0. The molecule has 2 heterocycles. The number of ether oxygens (including phenoxy) is 1. The standard InChI is InChI=1S/C22H26ClN3O4S/c23-18-9-8-17(16-21(18)31(28,29)26-10-4-1-5-11-26)22(27)24-19-6-2-3-7-20(19)25-12-14-30-15-13-25/h2-3,6-9,16H,1,4-5,10-15H2,(H,24,27). The van der Waals surface area contributed by atoms with Crippen molar-refractivity contribution in [1.82, 2.24) is 4.31 Å². The van der Waals surface area contributed by atoms with Crippen LogP contribution in [0.4, 0.5) is 11.4 Å². The maximum atomic E-state index is 13.1. The number of benzene rings is 2. The monoisotopic (exact) mass is 463 g/mol. The van der Waals surface area contributed by atoms with Crippen molar-refractivity contribution in [3.8, 4) is 0 Å². The average molecular weight is 464 g/mol. The van der Waals surface area contributed by atoms with Crippen molar-refractivity contribution in [3.05, 3.63) is 53.1 Å². The van der Waals surface area contributed by atoms with Crippen molar-refractivity contribution < 1.29 is 17.9 Å². The molecule has 1 N–H and O–H groups in total. The van der Waals surface area contributed by atoms with Gasteiger partial charge in [-0.05, 0) is 43.2 Å². The summed E-state index contributed by atoms with van der Waals surface area (Å²) >= 11 is 6.24. The largest absolute Gasteiger partial charge is 0.378 e. The van der Waals surface area contributed by atoms with Crippen molar-refractivity contribution in [1.29, 1.82) is 0 Å². The Hall–Kier alpha value is -2.13. The van der Waals surface area contributed by atoms with Crippen LogP contribution in [0.1, 0.15) is 29.6 Å². The summed E-state index contributed by atoms with van der Waals surface area (Å²) < 4.78 is 33.1. The second-order valence-electron chi connectivity index (χ2n) is 7.68. The summed E-state index contributed by atoms with van der Waals surface area (Å²) in [7, 11) is -3.75. The number of carbonyl (C=O) groups excluding carboxylic acids is 1. The molecule has 2 aliphatic heterocycles. The van der Waals surface area contributed by atoms with Gasteiger partial charge in [0.2, 0.25) is 10.0 Å². The normalized spacial score (nSPS) is 18.0. The lowest BCUT2D eigenvalue weighted by Gasteiger charge is -2.30. The number of hydrogen-bond acceptors (Lipinski definition) is 5. The fourth-order valence-corrected chi connectivity index (χ4v) is 5.96. The number of sulfonamides is 1. The predicted octanol–water partition coefficient (Wildman–Crippen LogP) is 3.60. The number of carbonyl (C=O) groups is 1. The summed E-state index contributed by atoms with van der Waals surface area (Å²) in [6.45, 7) is 3.70. The Morgan fingerprint density at radius 1 is 0.968 bits per heavy atom. The zero-order chi connectivity index (χ0) is 21.8. The third kappa shape index (κ3) is 4.87. The first-order chi connectivity index (χ1) is 15.0. The summed E-state index contributed by atoms with van der Waals surface area (Å²) in [6.07, 6.45) is 2.68. The maximum absolute atomic E-state index is 13.1. The Kier molecular flexibility index (Phi) is 6.81. The average Bonchev–Trinajstić information content (AvgIpc) is 2.80. The molecule has 0 bridgehead atoms. The van der Waals surface area contributed by atoms with Gasteiger partial charge in [-0.1, -0.05) is 30.2 Å². The van der Waals surface area contributed by atoms with Crippen LogP contribution in [0.25, 0.3) is 0 Å². The van der Waals surface area contributed by atoms with E-state index in [0.717, 1.165) is 38.0 Å². The van der Waals surface area contributed by atoms with E-state index in [2.05, 4.69) is 10.2 Å². The van der Waals surface area contributed by atoms with Crippen molar-refractivity contribution in [2.45, 2.75) is 24.2 Å². The van der Waals surface area contributed by atoms with E-state index in [4.69, 9.17) is 16.3 Å². The highest BCUT2D eigenvalue weighted by molar-refractivity contribution is 7.89. The molecule has 2 aromatic rings. The van der Waals surface area contributed by atoms with Gasteiger partial charge >= 0.3 is 0 Å². The highest BCUT2D eigenvalue weighted by Crippen LogP contribution is 2.30. The van der Waals surface area contributed by atoms with Gasteiger partial charge in [0.1, 0.15) is 4.90 Å². The molecule has 0 aromatic heterocycles. The molecular formula is C22H26ClN3O4S. The van der Waals surface area contributed by atoms with Crippen LogP contribution in [0.3, 0.4) is 0 Å². The Morgan fingerprint density at radius 2 is 1.68 bits per heavy atom. The van der Waals surface area contributed by atoms with Crippen LogP contribution < -0.4 is 10.2 Å². The number of halogens is 1. The number of nitrogens with zero attached hydrogens (tertiary/aromatic N) is 2. The lowest BCUT2D eigenvalue weighted by atomic mass is 10.2. The molecule has 31 heavy (non-hydrogen) atoms. The van der Waals surface area contributed by atoms with Crippen LogP contribution in [-0.2, 0) is 14.8 Å². The predicted molar refractivity (Wildman–Crippen MR) is 121 cm³/mol. The Morgan fingerprint density at radius 3 is 2.42 bits per heavy atom. The molecule has 2 saturated heterocycles. The topological polar surface area (TPSA) is 79.0 Å². The van der Waals surface area contributed by atoms with E-state index >= 15 is 0 Å². The van der Waals surface area contributed by atoms with Gasteiger partial charge in [-0.3, -0.25) is 4.79 Å². The van der Waals surface area contributed by atoms with E-state index in [1.165, 1.54) is 16.4 Å². The van der Waals surface area contributed by atoms with Crippen LogP contribution in [0.5, 0.6) is 0 Å². The number of morpholine rings is 1. The van der Waals surface area contributed by atoms with Gasteiger partial charge in [-0.15, -0.1) is 0 Å². The van der Waals surface area contributed by atoms with Gasteiger partial charge in [0.25, 0.3) is 5.91 Å². The molecule has 0 radical (unpaired) electrons. The van der Waals surface area contributed by atoms with Crippen molar-refractivity contribution in [2.75, 3.05) is 49.6 Å². The molecular weight excluding hydrogens is 438 g/mol. The Labute approximate surface area is 188 Å². The van der Waals surface area contributed by atoms with E-state index in [0.29, 0.717) is 32.0 Å². The van der Waals surface area contributed by atoms with E-state index in [1.807, 2.05) is 24.3 Å². The van der Waals surface area contributed by atoms with Gasteiger partial charge in [-0.2, -0.15) is 4.31 Å². The molecule has 166 valence electrons. The summed E-state index contributed by atoms with van der Waals surface area (Å²) in [4.78, 5) is 15.1. The lowest BCUT2D eigenvalue weighted by Crippen LogP contribution is -2.36. The molecule has 9 heteroatoms. The lowest BCUT2D eigenvalue weighted by molar-refractivity contribution is 0.102. The van der Waals surface area contributed by atoms with E-state index < -0.39 is 10.0 Å². The van der Waals surface area contributed by atoms with Crippen LogP contribution in [-0.4, -0.2) is 58.0 Å². The van der Waals surface area contributed by atoms with E-state index in [-0.39, 0.29) is 21.4 Å². The smallest absolute Gasteiger partial charge is 0.255 e. The number of rotatable bonds is 5. The van der Waals surface area contributed by atoms with E-state index in [9.17, 15) is 13.2 Å².